The van der Waals surface area contributed by atoms with Gasteiger partial charge in [0.05, 0.1) is 12.8 Å². The number of anilines is 1. The van der Waals surface area contributed by atoms with Gasteiger partial charge in [0.2, 0.25) is 0 Å². The molecule has 4 aromatic rings. The minimum atomic E-state index is 0.0626. The van der Waals surface area contributed by atoms with Crippen LogP contribution in [-0.4, -0.2) is 53.5 Å². The van der Waals surface area contributed by atoms with Crippen molar-refractivity contribution < 1.29 is 9.53 Å². The summed E-state index contributed by atoms with van der Waals surface area (Å²) in [6, 6.07) is 18.2. The number of thiazole rings is 1. The van der Waals surface area contributed by atoms with Crippen LogP contribution in [0.4, 0.5) is 5.69 Å². The van der Waals surface area contributed by atoms with Crippen molar-refractivity contribution in [3.05, 3.63) is 71.9 Å². The zero-order valence-corrected chi connectivity index (χ0v) is 17.5. The molecular weight excluding hydrogens is 396 g/mol. The van der Waals surface area contributed by atoms with Crippen molar-refractivity contribution in [2.45, 2.75) is 0 Å². The average Bonchev–Trinajstić information content (AvgIpc) is 3.40. The number of piperazine rings is 1. The molecule has 6 nitrogen and oxygen atoms in total. The van der Waals surface area contributed by atoms with E-state index in [-0.39, 0.29) is 5.91 Å². The van der Waals surface area contributed by atoms with E-state index in [0.717, 1.165) is 35.1 Å². The molecule has 1 aliphatic rings. The van der Waals surface area contributed by atoms with Gasteiger partial charge < -0.3 is 14.5 Å². The lowest BCUT2D eigenvalue weighted by Crippen LogP contribution is -2.49. The highest BCUT2D eigenvalue weighted by molar-refractivity contribution is 7.15. The third kappa shape index (κ3) is 3.41. The van der Waals surface area contributed by atoms with Gasteiger partial charge in [0.1, 0.15) is 11.4 Å². The Kier molecular flexibility index (Phi) is 4.88. The lowest BCUT2D eigenvalue weighted by atomic mass is 10.2. The molecule has 0 bridgehead atoms. The Labute approximate surface area is 179 Å². The van der Waals surface area contributed by atoms with Crippen molar-refractivity contribution >= 4 is 27.9 Å². The Morgan fingerprint density at radius 3 is 2.43 bits per heavy atom. The van der Waals surface area contributed by atoms with E-state index in [4.69, 9.17) is 9.72 Å². The number of nitrogens with zero attached hydrogens (tertiary/aromatic N) is 4. The minimum Gasteiger partial charge on any atom is -0.497 e. The van der Waals surface area contributed by atoms with Crippen molar-refractivity contribution in [2.75, 3.05) is 38.2 Å². The fourth-order valence-electron chi connectivity index (χ4n) is 3.81. The molecule has 1 fully saturated rings. The number of imidazole rings is 1. The zero-order chi connectivity index (χ0) is 20.5. The summed E-state index contributed by atoms with van der Waals surface area (Å²) in [4.78, 5) is 23.0. The third-order valence-corrected chi connectivity index (χ3v) is 6.34. The number of methoxy groups -OCH3 is 1. The van der Waals surface area contributed by atoms with Gasteiger partial charge in [-0.2, -0.15) is 0 Å². The van der Waals surface area contributed by atoms with Gasteiger partial charge in [-0.15, -0.1) is 11.3 Å². The van der Waals surface area contributed by atoms with Crippen LogP contribution >= 0.6 is 11.3 Å². The van der Waals surface area contributed by atoms with Gasteiger partial charge in [-0.3, -0.25) is 9.20 Å². The van der Waals surface area contributed by atoms with Crippen LogP contribution < -0.4 is 9.64 Å². The van der Waals surface area contributed by atoms with Crippen molar-refractivity contribution in [3.8, 4) is 17.0 Å². The molecule has 0 saturated carbocycles. The first-order valence-corrected chi connectivity index (χ1v) is 10.8. The molecule has 0 spiro atoms. The molecule has 1 aliphatic heterocycles. The molecule has 2 aromatic carbocycles. The smallest absolute Gasteiger partial charge is 0.271 e. The summed E-state index contributed by atoms with van der Waals surface area (Å²) in [5, 5.41) is 1.91. The Bertz CT molecular complexity index is 1160. The van der Waals surface area contributed by atoms with Crippen LogP contribution in [0.2, 0.25) is 0 Å². The third-order valence-electron chi connectivity index (χ3n) is 5.50. The molecule has 0 N–H and O–H groups in total. The van der Waals surface area contributed by atoms with Crippen molar-refractivity contribution in [3.63, 3.8) is 0 Å². The molecule has 0 radical (unpaired) electrons. The summed E-state index contributed by atoms with van der Waals surface area (Å²) in [5.74, 6) is 0.873. The second-order valence-corrected chi connectivity index (χ2v) is 8.08. The fraction of sp³-hybridized carbons (Fsp3) is 0.217. The lowest BCUT2D eigenvalue weighted by Gasteiger charge is -2.36. The number of benzene rings is 2. The average molecular weight is 419 g/mol. The van der Waals surface area contributed by atoms with E-state index < -0.39 is 0 Å². The number of rotatable bonds is 4. The number of hydrogen-bond donors (Lipinski definition) is 0. The predicted molar refractivity (Wildman–Crippen MR) is 120 cm³/mol. The monoisotopic (exact) mass is 418 g/mol. The van der Waals surface area contributed by atoms with E-state index in [1.54, 1.807) is 7.11 Å². The Balaban J connectivity index is 1.33. The highest BCUT2D eigenvalue weighted by atomic mass is 32.1. The molecule has 0 atom stereocenters. The van der Waals surface area contributed by atoms with E-state index in [2.05, 4.69) is 17.0 Å². The first-order chi connectivity index (χ1) is 14.7. The highest BCUT2D eigenvalue weighted by Gasteiger charge is 2.25. The van der Waals surface area contributed by atoms with Gasteiger partial charge in [0, 0.05) is 49.0 Å². The van der Waals surface area contributed by atoms with E-state index in [0.29, 0.717) is 18.8 Å². The molecule has 2 aromatic heterocycles. The number of carbonyl (C=O) groups is 1. The lowest BCUT2D eigenvalue weighted by molar-refractivity contribution is 0.0740. The molecule has 1 amide bonds. The van der Waals surface area contributed by atoms with E-state index in [1.165, 1.54) is 17.0 Å². The summed E-state index contributed by atoms with van der Waals surface area (Å²) in [7, 11) is 1.65. The SMILES string of the molecule is COc1ccc(-c2cn3c(C(=O)N4CCN(c5ccccc5)CC4)csc3n2)cc1. The molecular formula is C23H22N4O2S. The Morgan fingerprint density at radius 1 is 1.00 bits per heavy atom. The van der Waals surface area contributed by atoms with Crippen LogP contribution in [0, 0.1) is 0 Å². The van der Waals surface area contributed by atoms with E-state index in [9.17, 15) is 4.79 Å². The second-order valence-electron chi connectivity index (χ2n) is 7.24. The molecule has 152 valence electrons. The van der Waals surface area contributed by atoms with Gasteiger partial charge in [0.15, 0.2) is 4.96 Å². The number of aromatic nitrogens is 2. The standard InChI is InChI=1S/C23H22N4O2S/c1-29-19-9-7-17(8-10-19)20-15-27-21(16-30-23(27)24-20)22(28)26-13-11-25(12-14-26)18-5-3-2-4-6-18/h2-10,15-16H,11-14H2,1H3. The molecule has 0 aliphatic carbocycles. The summed E-state index contributed by atoms with van der Waals surface area (Å²) >= 11 is 1.50. The molecule has 7 heteroatoms. The van der Waals surface area contributed by atoms with Crippen LogP contribution in [0.15, 0.2) is 66.2 Å². The normalized spacial score (nSPS) is 14.3. The van der Waals surface area contributed by atoms with Gasteiger partial charge in [-0.25, -0.2) is 4.98 Å². The van der Waals surface area contributed by atoms with Gasteiger partial charge in [-0.05, 0) is 36.4 Å². The van der Waals surface area contributed by atoms with Crippen molar-refractivity contribution in [1.82, 2.24) is 14.3 Å². The van der Waals surface area contributed by atoms with E-state index in [1.807, 2.05) is 63.3 Å². The van der Waals surface area contributed by atoms with Crippen LogP contribution in [0.3, 0.4) is 0 Å². The highest BCUT2D eigenvalue weighted by Crippen LogP contribution is 2.26. The Morgan fingerprint density at radius 2 is 1.73 bits per heavy atom. The molecule has 3 heterocycles. The maximum Gasteiger partial charge on any atom is 0.271 e. The van der Waals surface area contributed by atoms with Gasteiger partial charge in [-0.1, -0.05) is 18.2 Å². The summed E-state index contributed by atoms with van der Waals surface area (Å²) in [6.07, 6.45) is 1.95. The molecule has 5 rings (SSSR count). The van der Waals surface area contributed by atoms with Crippen molar-refractivity contribution in [2.24, 2.45) is 0 Å². The summed E-state index contributed by atoms with van der Waals surface area (Å²) in [5.41, 5.74) is 3.74. The first-order valence-electron chi connectivity index (χ1n) is 9.93. The topological polar surface area (TPSA) is 50.1 Å². The molecule has 1 saturated heterocycles. The van der Waals surface area contributed by atoms with Gasteiger partial charge >= 0.3 is 0 Å². The van der Waals surface area contributed by atoms with Crippen LogP contribution in [0.5, 0.6) is 5.75 Å². The van der Waals surface area contributed by atoms with Crippen LogP contribution in [-0.2, 0) is 0 Å². The van der Waals surface area contributed by atoms with Crippen molar-refractivity contribution in [1.29, 1.82) is 0 Å². The fourth-order valence-corrected chi connectivity index (χ4v) is 4.65. The summed E-state index contributed by atoms with van der Waals surface area (Å²) < 4.78 is 7.14. The maximum absolute atomic E-state index is 13.2. The number of amides is 1. The Hall–Kier alpha value is -3.32. The number of carbonyl (C=O) groups excluding carboxylic acids is 1. The summed E-state index contributed by atoms with van der Waals surface area (Å²) in [6.45, 7) is 3.10. The quantitative estimate of drug-likeness (QED) is 0.502. The second kappa shape index (κ2) is 7.84. The van der Waals surface area contributed by atoms with Crippen LogP contribution in [0.25, 0.3) is 16.2 Å². The van der Waals surface area contributed by atoms with Gasteiger partial charge in [0.25, 0.3) is 5.91 Å². The van der Waals surface area contributed by atoms with Crippen LogP contribution in [0.1, 0.15) is 10.5 Å². The predicted octanol–water partition coefficient (Wildman–Crippen LogP) is 4.03. The first kappa shape index (κ1) is 18.7. The minimum absolute atomic E-state index is 0.0626. The zero-order valence-electron chi connectivity index (χ0n) is 16.7. The molecule has 0 unspecified atom stereocenters. The number of ether oxygens (including phenoxy) is 1. The van der Waals surface area contributed by atoms with E-state index >= 15 is 0 Å². The maximum atomic E-state index is 13.2. The number of fused-ring (bicyclic) bond motifs is 1. The number of para-hydroxylation sites is 1. The number of hydrogen-bond acceptors (Lipinski definition) is 5. The largest absolute Gasteiger partial charge is 0.497 e. The molecule has 30 heavy (non-hydrogen) atoms.